The fourth-order valence-electron chi connectivity index (χ4n) is 1.33. The van der Waals surface area contributed by atoms with Gasteiger partial charge in [0.25, 0.3) is 0 Å². The third-order valence-corrected chi connectivity index (χ3v) is 2.34. The van der Waals surface area contributed by atoms with E-state index in [2.05, 4.69) is 12.2 Å². The van der Waals surface area contributed by atoms with Gasteiger partial charge >= 0.3 is 0 Å². The molecule has 0 saturated carbocycles. The molecule has 0 aliphatic heterocycles. The van der Waals surface area contributed by atoms with Crippen molar-refractivity contribution in [1.29, 1.82) is 0 Å². The number of carbonyl (C=O) groups is 1. The molecule has 0 aromatic carbocycles. The molecule has 0 aliphatic carbocycles. The van der Waals surface area contributed by atoms with Gasteiger partial charge in [-0.2, -0.15) is 0 Å². The molecule has 3 heteroatoms. The van der Waals surface area contributed by atoms with Gasteiger partial charge in [-0.3, -0.25) is 4.79 Å². The van der Waals surface area contributed by atoms with E-state index >= 15 is 0 Å². The van der Waals surface area contributed by atoms with Crippen LogP contribution < -0.4 is 5.32 Å². The molecule has 0 heterocycles. The van der Waals surface area contributed by atoms with Crippen molar-refractivity contribution < 1.29 is 4.79 Å². The van der Waals surface area contributed by atoms with E-state index in [1.807, 2.05) is 19.0 Å². The van der Waals surface area contributed by atoms with Crippen LogP contribution in [-0.2, 0) is 4.79 Å². The number of amides is 1. The van der Waals surface area contributed by atoms with Crippen molar-refractivity contribution in [1.82, 2.24) is 10.2 Å². The number of carbonyl (C=O) groups excluding carboxylic acids is 1. The molecule has 3 nitrogen and oxygen atoms in total. The summed E-state index contributed by atoms with van der Waals surface area (Å²) in [6, 6.07) is 0. The van der Waals surface area contributed by atoms with E-state index in [1.165, 1.54) is 6.42 Å². The number of hydrogen-bond acceptors (Lipinski definition) is 2. The molecular weight excluding hydrogens is 176 g/mol. The highest BCUT2D eigenvalue weighted by Crippen LogP contribution is 2.02. The number of rotatable bonds is 8. The van der Waals surface area contributed by atoms with Crippen LogP contribution in [0.25, 0.3) is 0 Å². The summed E-state index contributed by atoms with van der Waals surface area (Å²) in [6.45, 7) is 4.00. The SMILES string of the molecule is CCCCCC(=O)N(C)CCCNC. The minimum Gasteiger partial charge on any atom is -0.346 e. The maximum Gasteiger partial charge on any atom is 0.222 e. The highest BCUT2D eigenvalue weighted by Gasteiger charge is 2.06. The molecule has 14 heavy (non-hydrogen) atoms. The Morgan fingerprint density at radius 2 is 2.00 bits per heavy atom. The zero-order chi connectivity index (χ0) is 10.8. The van der Waals surface area contributed by atoms with E-state index in [0.717, 1.165) is 32.4 Å². The first-order chi connectivity index (χ1) is 6.72. The molecule has 0 atom stereocenters. The monoisotopic (exact) mass is 200 g/mol. The van der Waals surface area contributed by atoms with Crippen molar-refractivity contribution in [3.8, 4) is 0 Å². The van der Waals surface area contributed by atoms with Crippen LogP contribution in [-0.4, -0.2) is 38.0 Å². The fourth-order valence-corrected chi connectivity index (χ4v) is 1.33. The van der Waals surface area contributed by atoms with Gasteiger partial charge in [-0.25, -0.2) is 0 Å². The quantitative estimate of drug-likeness (QED) is 0.604. The highest BCUT2D eigenvalue weighted by atomic mass is 16.2. The highest BCUT2D eigenvalue weighted by molar-refractivity contribution is 5.75. The van der Waals surface area contributed by atoms with Crippen LogP contribution in [0, 0.1) is 0 Å². The summed E-state index contributed by atoms with van der Waals surface area (Å²) in [5.41, 5.74) is 0. The molecule has 0 aliphatic rings. The molecular formula is C11H24N2O. The van der Waals surface area contributed by atoms with Crippen LogP contribution in [0.4, 0.5) is 0 Å². The Hall–Kier alpha value is -0.570. The van der Waals surface area contributed by atoms with Gasteiger partial charge < -0.3 is 10.2 Å². The second-order valence-corrected chi connectivity index (χ2v) is 3.73. The summed E-state index contributed by atoms with van der Waals surface area (Å²) >= 11 is 0. The molecule has 0 aromatic heterocycles. The van der Waals surface area contributed by atoms with Crippen molar-refractivity contribution in [3.05, 3.63) is 0 Å². The van der Waals surface area contributed by atoms with Crippen LogP contribution in [0.1, 0.15) is 39.0 Å². The molecule has 84 valence electrons. The first-order valence-corrected chi connectivity index (χ1v) is 5.61. The lowest BCUT2D eigenvalue weighted by Crippen LogP contribution is -2.29. The molecule has 0 fully saturated rings. The van der Waals surface area contributed by atoms with Gasteiger partial charge in [-0.05, 0) is 26.4 Å². The molecule has 0 bridgehead atoms. The number of hydrogen-bond donors (Lipinski definition) is 1. The molecule has 1 amide bonds. The lowest BCUT2D eigenvalue weighted by atomic mass is 10.2. The van der Waals surface area contributed by atoms with E-state index in [4.69, 9.17) is 0 Å². The van der Waals surface area contributed by atoms with E-state index < -0.39 is 0 Å². The molecule has 0 aromatic rings. The summed E-state index contributed by atoms with van der Waals surface area (Å²) in [4.78, 5) is 13.4. The zero-order valence-corrected chi connectivity index (χ0v) is 9.81. The third kappa shape index (κ3) is 6.89. The molecule has 0 rings (SSSR count). The molecule has 1 N–H and O–H groups in total. The minimum absolute atomic E-state index is 0.287. The Morgan fingerprint density at radius 3 is 2.57 bits per heavy atom. The second kappa shape index (κ2) is 9.00. The summed E-state index contributed by atoms with van der Waals surface area (Å²) in [5.74, 6) is 0.287. The lowest BCUT2D eigenvalue weighted by molar-refractivity contribution is -0.130. The first-order valence-electron chi connectivity index (χ1n) is 5.61. The van der Waals surface area contributed by atoms with Gasteiger partial charge in [0.15, 0.2) is 0 Å². The van der Waals surface area contributed by atoms with Gasteiger partial charge in [-0.15, -0.1) is 0 Å². The van der Waals surface area contributed by atoms with Crippen LogP contribution in [0.3, 0.4) is 0 Å². The molecule has 0 saturated heterocycles. The molecule has 0 radical (unpaired) electrons. The van der Waals surface area contributed by atoms with Crippen molar-refractivity contribution in [2.75, 3.05) is 27.2 Å². The summed E-state index contributed by atoms with van der Waals surface area (Å²) < 4.78 is 0. The fraction of sp³-hybridized carbons (Fsp3) is 0.909. The summed E-state index contributed by atoms with van der Waals surface area (Å²) in [5, 5.41) is 3.08. The van der Waals surface area contributed by atoms with Gasteiger partial charge in [-0.1, -0.05) is 19.8 Å². The average Bonchev–Trinajstić information content (AvgIpc) is 2.18. The topological polar surface area (TPSA) is 32.3 Å². The van der Waals surface area contributed by atoms with Crippen LogP contribution in [0.5, 0.6) is 0 Å². The number of nitrogens with zero attached hydrogens (tertiary/aromatic N) is 1. The first kappa shape index (κ1) is 13.4. The maximum atomic E-state index is 11.5. The molecule has 0 unspecified atom stereocenters. The van der Waals surface area contributed by atoms with E-state index in [9.17, 15) is 4.79 Å². The summed E-state index contributed by atoms with van der Waals surface area (Å²) in [6.07, 6.45) is 5.12. The van der Waals surface area contributed by atoms with Gasteiger partial charge in [0, 0.05) is 20.0 Å². The third-order valence-electron chi connectivity index (χ3n) is 2.34. The van der Waals surface area contributed by atoms with Crippen LogP contribution in [0.15, 0.2) is 0 Å². The van der Waals surface area contributed by atoms with Gasteiger partial charge in [0.2, 0.25) is 5.91 Å². The van der Waals surface area contributed by atoms with E-state index in [0.29, 0.717) is 6.42 Å². The second-order valence-electron chi connectivity index (χ2n) is 3.73. The van der Waals surface area contributed by atoms with E-state index in [1.54, 1.807) is 0 Å². The van der Waals surface area contributed by atoms with Crippen molar-refractivity contribution >= 4 is 5.91 Å². The average molecular weight is 200 g/mol. The van der Waals surface area contributed by atoms with Crippen LogP contribution >= 0.6 is 0 Å². The lowest BCUT2D eigenvalue weighted by Gasteiger charge is -2.16. The minimum atomic E-state index is 0.287. The predicted molar refractivity (Wildman–Crippen MR) is 60.3 cm³/mol. The van der Waals surface area contributed by atoms with Gasteiger partial charge in [0.05, 0.1) is 0 Å². The Bertz CT molecular complexity index is 148. The molecule has 0 spiro atoms. The normalized spacial score (nSPS) is 10.2. The maximum absolute atomic E-state index is 11.5. The van der Waals surface area contributed by atoms with E-state index in [-0.39, 0.29) is 5.91 Å². The van der Waals surface area contributed by atoms with Crippen molar-refractivity contribution in [3.63, 3.8) is 0 Å². The standard InChI is InChI=1S/C11H24N2O/c1-4-5-6-8-11(14)13(3)10-7-9-12-2/h12H,4-10H2,1-3H3. The zero-order valence-electron chi connectivity index (χ0n) is 9.81. The van der Waals surface area contributed by atoms with Crippen molar-refractivity contribution in [2.24, 2.45) is 0 Å². The van der Waals surface area contributed by atoms with Crippen LogP contribution in [0.2, 0.25) is 0 Å². The Labute approximate surface area is 87.9 Å². The Morgan fingerprint density at radius 1 is 1.29 bits per heavy atom. The Kier molecular flexibility index (Phi) is 8.64. The van der Waals surface area contributed by atoms with Gasteiger partial charge in [0.1, 0.15) is 0 Å². The Balaban J connectivity index is 3.44. The number of unbranched alkanes of at least 4 members (excludes halogenated alkanes) is 2. The smallest absolute Gasteiger partial charge is 0.222 e. The summed E-state index contributed by atoms with van der Waals surface area (Å²) in [7, 11) is 3.83. The number of nitrogens with one attached hydrogen (secondary N) is 1. The largest absolute Gasteiger partial charge is 0.346 e. The predicted octanol–water partition coefficient (Wildman–Crippen LogP) is 1.63. The van der Waals surface area contributed by atoms with Crippen molar-refractivity contribution in [2.45, 2.75) is 39.0 Å².